The van der Waals surface area contributed by atoms with Crippen LogP contribution >= 0.6 is 19.4 Å². The number of phosphoric acid groups is 1. The number of nitrogens with two attached hydrogens (primary N) is 1. The number of carbonyl (C=O) groups excluding carboxylic acids is 2. The maximum atomic E-state index is 13.6. The Labute approximate surface area is 257 Å². The molecule has 2 aromatic rings. The first-order chi connectivity index (χ1) is 20.1. The lowest BCUT2D eigenvalue weighted by atomic mass is 10.0. The Morgan fingerprint density at radius 3 is 2.33 bits per heavy atom. The molecule has 0 aromatic heterocycles. The first-order valence-corrected chi connectivity index (χ1v) is 16.9. The van der Waals surface area contributed by atoms with Gasteiger partial charge in [-0.2, -0.15) is 4.31 Å². The van der Waals surface area contributed by atoms with Crippen LogP contribution in [0.25, 0.3) is 0 Å². The predicted molar refractivity (Wildman–Crippen MR) is 163 cm³/mol. The molecular formula is C27H40ClN4O9PS. The molecule has 0 radical (unpaired) electrons. The summed E-state index contributed by atoms with van der Waals surface area (Å²) in [7, 11) is -7.79. The lowest BCUT2D eigenvalue weighted by Crippen LogP contribution is -2.48. The number of benzene rings is 2. The number of hydrogen-bond acceptors (Lipinski definition) is 8. The third-order valence-corrected chi connectivity index (χ3v) is 9.10. The Morgan fingerprint density at radius 1 is 1.09 bits per heavy atom. The van der Waals surface area contributed by atoms with Crippen molar-refractivity contribution < 1.29 is 41.6 Å². The second-order valence-electron chi connectivity index (χ2n) is 10.2. The van der Waals surface area contributed by atoms with Crippen molar-refractivity contribution in [3.63, 3.8) is 0 Å². The molecule has 0 aliphatic heterocycles. The standard InChI is InChI=1S/C27H40ClN4O9PS/c1-19(2)17-32(43(38,39)23-13-11-21(29)12-14-23)22(18-41-42(35,36)37)9-6-7-15-30-26(33)25(31-27(34)40-3)16-20-8-4-5-10-24(20)28/h4-5,8,10-14,19,22,25H,6-7,9,15-18,29H2,1-3H3,(H,30,33)(H,31,34)(H2,35,36,37)/t22?,25-/m0/s1. The summed E-state index contributed by atoms with van der Waals surface area (Å²) in [6.07, 6.45) is 0.288. The molecule has 0 aliphatic carbocycles. The molecular weight excluding hydrogens is 623 g/mol. The Hall–Kier alpha value is -2.71. The zero-order chi connectivity index (χ0) is 32.2. The predicted octanol–water partition coefficient (Wildman–Crippen LogP) is 3.30. The number of nitrogen functional groups attached to an aromatic ring is 1. The Kier molecular flexibility index (Phi) is 14.4. The Bertz CT molecular complexity index is 1360. The van der Waals surface area contributed by atoms with E-state index >= 15 is 0 Å². The second kappa shape index (κ2) is 17.0. The fourth-order valence-corrected chi connectivity index (χ4v) is 6.59. The fourth-order valence-electron chi connectivity index (χ4n) is 4.21. The first-order valence-electron chi connectivity index (χ1n) is 13.6. The molecule has 43 heavy (non-hydrogen) atoms. The van der Waals surface area contributed by atoms with Gasteiger partial charge in [-0.15, -0.1) is 0 Å². The van der Waals surface area contributed by atoms with Crippen LogP contribution in [-0.2, 0) is 35.1 Å². The van der Waals surface area contributed by atoms with Crippen LogP contribution < -0.4 is 16.4 Å². The topological polar surface area (TPSA) is 198 Å². The number of hydrogen-bond donors (Lipinski definition) is 5. The van der Waals surface area contributed by atoms with E-state index in [1.807, 2.05) is 13.8 Å². The zero-order valence-corrected chi connectivity index (χ0v) is 26.8. The summed E-state index contributed by atoms with van der Waals surface area (Å²) >= 11 is 6.22. The van der Waals surface area contributed by atoms with Crippen LogP contribution in [0.5, 0.6) is 0 Å². The van der Waals surface area contributed by atoms with E-state index in [-0.39, 0.29) is 36.7 Å². The van der Waals surface area contributed by atoms with Gasteiger partial charge in [-0.25, -0.2) is 17.8 Å². The molecule has 0 spiro atoms. The molecule has 0 heterocycles. The average Bonchev–Trinajstić information content (AvgIpc) is 2.93. The summed E-state index contributed by atoms with van der Waals surface area (Å²) in [6.45, 7) is 3.36. The summed E-state index contributed by atoms with van der Waals surface area (Å²) in [5.41, 5.74) is 6.75. The van der Waals surface area contributed by atoms with Crippen LogP contribution in [0.1, 0.15) is 38.7 Å². The third kappa shape index (κ3) is 12.4. The number of carbonyl (C=O) groups is 2. The van der Waals surface area contributed by atoms with Crippen molar-refractivity contribution >= 4 is 47.1 Å². The Balaban J connectivity index is 2.12. The normalized spacial score (nSPS) is 13.5. The molecule has 2 rings (SSSR count). The van der Waals surface area contributed by atoms with Gasteiger partial charge in [-0.3, -0.25) is 9.32 Å². The molecule has 0 bridgehead atoms. The quantitative estimate of drug-likeness (QED) is 0.0952. The van der Waals surface area contributed by atoms with E-state index in [9.17, 15) is 32.4 Å². The number of methoxy groups -OCH3 is 1. The van der Waals surface area contributed by atoms with Gasteiger partial charge in [0.15, 0.2) is 0 Å². The SMILES string of the molecule is COC(=O)N[C@@H](Cc1ccccc1Cl)C(=O)NCCCCC(COP(=O)(O)O)N(CC(C)C)S(=O)(=O)c1ccc(N)cc1. The van der Waals surface area contributed by atoms with Gasteiger partial charge in [0.05, 0.1) is 18.6 Å². The van der Waals surface area contributed by atoms with E-state index in [2.05, 4.69) is 15.4 Å². The monoisotopic (exact) mass is 662 g/mol. The lowest BCUT2D eigenvalue weighted by molar-refractivity contribution is -0.123. The third-order valence-electron chi connectivity index (χ3n) is 6.31. The van der Waals surface area contributed by atoms with Crippen molar-refractivity contribution in [2.24, 2.45) is 5.92 Å². The number of anilines is 1. The maximum absolute atomic E-state index is 13.6. The van der Waals surface area contributed by atoms with Gasteiger partial charge in [-0.1, -0.05) is 50.1 Å². The molecule has 2 aromatic carbocycles. The van der Waals surface area contributed by atoms with E-state index in [1.165, 1.54) is 35.7 Å². The van der Waals surface area contributed by atoms with E-state index in [4.69, 9.17) is 21.9 Å². The molecule has 0 saturated carbocycles. The number of ether oxygens (including phenoxy) is 1. The van der Waals surface area contributed by atoms with E-state index < -0.39 is 48.5 Å². The maximum Gasteiger partial charge on any atom is 0.469 e. The molecule has 0 aliphatic rings. The molecule has 0 fully saturated rings. The van der Waals surface area contributed by atoms with Crippen molar-refractivity contribution in [1.29, 1.82) is 0 Å². The van der Waals surface area contributed by atoms with Gasteiger partial charge in [0, 0.05) is 36.3 Å². The lowest BCUT2D eigenvalue weighted by Gasteiger charge is -2.32. The highest BCUT2D eigenvalue weighted by atomic mass is 35.5. The zero-order valence-electron chi connectivity index (χ0n) is 24.3. The van der Waals surface area contributed by atoms with Crippen molar-refractivity contribution in [1.82, 2.24) is 14.9 Å². The summed E-state index contributed by atoms with van der Waals surface area (Å²) in [6, 6.07) is 10.7. The van der Waals surface area contributed by atoms with Crippen LogP contribution in [0.15, 0.2) is 53.4 Å². The highest BCUT2D eigenvalue weighted by molar-refractivity contribution is 7.89. The minimum absolute atomic E-state index is 0.0153. The molecule has 0 saturated heterocycles. The van der Waals surface area contributed by atoms with Gasteiger partial charge in [-0.05, 0) is 54.7 Å². The number of nitrogens with zero attached hydrogens (tertiary/aromatic N) is 1. The van der Waals surface area contributed by atoms with E-state index in [1.54, 1.807) is 24.3 Å². The summed E-state index contributed by atoms with van der Waals surface area (Å²) in [5, 5.41) is 5.69. The van der Waals surface area contributed by atoms with Crippen molar-refractivity contribution in [2.45, 2.75) is 56.5 Å². The number of phosphoric ester groups is 1. The molecule has 240 valence electrons. The van der Waals surface area contributed by atoms with E-state index in [0.29, 0.717) is 29.1 Å². The van der Waals surface area contributed by atoms with Crippen LogP contribution in [0, 0.1) is 5.92 Å². The van der Waals surface area contributed by atoms with Gasteiger partial charge in [0.1, 0.15) is 6.04 Å². The molecule has 16 heteroatoms. The smallest absolute Gasteiger partial charge is 0.453 e. The largest absolute Gasteiger partial charge is 0.469 e. The molecule has 2 atom stereocenters. The number of rotatable bonds is 17. The van der Waals surface area contributed by atoms with Gasteiger partial charge < -0.3 is 30.9 Å². The van der Waals surface area contributed by atoms with Crippen LogP contribution in [0.3, 0.4) is 0 Å². The average molecular weight is 663 g/mol. The van der Waals surface area contributed by atoms with Crippen molar-refractivity contribution in [2.75, 3.05) is 32.5 Å². The fraction of sp³-hybridized carbons (Fsp3) is 0.481. The van der Waals surface area contributed by atoms with Gasteiger partial charge in [0.2, 0.25) is 15.9 Å². The van der Waals surface area contributed by atoms with Gasteiger partial charge in [0.25, 0.3) is 0 Å². The number of amides is 2. The number of unbranched alkanes of at least 4 members (excludes halogenated alkanes) is 1. The molecule has 6 N–H and O–H groups in total. The number of alkyl carbamates (subject to hydrolysis) is 1. The summed E-state index contributed by atoms with van der Waals surface area (Å²) in [5.74, 6) is -0.586. The summed E-state index contributed by atoms with van der Waals surface area (Å²) in [4.78, 5) is 43.4. The van der Waals surface area contributed by atoms with E-state index in [0.717, 1.165) is 0 Å². The minimum Gasteiger partial charge on any atom is -0.453 e. The highest BCUT2D eigenvalue weighted by Gasteiger charge is 2.33. The van der Waals surface area contributed by atoms with Crippen molar-refractivity contribution in [3.05, 3.63) is 59.1 Å². The summed E-state index contributed by atoms with van der Waals surface area (Å²) < 4.78 is 49.3. The number of halogens is 1. The number of nitrogens with one attached hydrogen (secondary N) is 2. The molecule has 13 nitrogen and oxygen atoms in total. The minimum atomic E-state index is -4.89. The first kappa shape index (κ1) is 36.5. The van der Waals surface area contributed by atoms with Crippen LogP contribution in [-0.4, -0.2) is 73.4 Å². The van der Waals surface area contributed by atoms with Gasteiger partial charge >= 0.3 is 13.9 Å². The van der Waals surface area contributed by atoms with Crippen molar-refractivity contribution in [3.8, 4) is 0 Å². The molecule has 2 amide bonds. The Morgan fingerprint density at radius 2 is 1.74 bits per heavy atom. The van der Waals surface area contributed by atoms with Crippen LogP contribution in [0.2, 0.25) is 5.02 Å². The second-order valence-corrected chi connectivity index (χ2v) is 13.8. The highest BCUT2D eigenvalue weighted by Crippen LogP contribution is 2.37. The molecule has 1 unspecified atom stereocenters. The van der Waals surface area contributed by atoms with Crippen LogP contribution in [0.4, 0.5) is 10.5 Å². The number of sulfonamides is 1.